The van der Waals surface area contributed by atoms with Crippen molar-refractivity contribution in [1.29, 1.82) is 5.26 Å². The van der Waals surface area contributed by atoms with Gasteiger partial charge in [-0.2, -0.15) is 5.26 Å². The summed E-state index contributed by atoms with van der Waals surface area (Å²) >= 11 is 3.40. The predicted octanol–water partition coefficient (Wildman–Crippen LogP) is 3.92. The Morgan fingerprint density at radius 3 is 2.53 bits per heavy atom. The molecule has 0 aromatic heterocycles. The topological polar surface area (TPSA) is 35.8 Å². The van der Waals surface area contributed by atoms with Gasteiger partial charge in [0.2, 0.25) is 0 Å². The van der Waals surface area contributed by atoms with Crippen molar-refractivity contribution < 1.29 is 0 Å². The highest BCUT2D eigenvalue weighted by atomic mass is 79.9. The first-order valence-corrected chi connectivity index (χ1v) is 5.96. The van der Waals surface area contributed by atoms with Crippen LogP contribution >= 0.6 is 15.9 Å². The number of anilines is 1. The van der Waals surface area contributed by atoms with E-state index in [-0.39, 0.29) is 0 Å². The zero-order valence-electron chi connectivity index (χ0n) is 9.05. The SMILES string of the molecule is CCC(CC)Nc1cc(Br)cc(C#N)c1. The Kier molecular flexibility index (Phi) is 4.64. The summed E-state index contributed by atoms with van der Waals surface area (Å²) in [7, 11) is 0. The number of nitriles is 1. The van der Waals surface area contributed by atoms with Crippen molar-refractivity contribution in [3.05, 3.63) is 28.2 Å². The monoisotopic (exact) mass is 266 g/mol. The van der Waals surface area contributed by atoms with Crippen LogP contribution in [0.2, 0.25) is 0 Å². The van der Waals surface area contributed by atoms with Crippen LogP contribution in [0.1, 0.15) is 32.3 Å². The van der Waals surface area contributed by atoms with Crippen molar-refractivity contribution in [3.63, 3.8) is 0 Å². The molecule has 0 aliphatic rings. The van der Waals surface area contributed by atoms with Crippen LogP contribution < -0.4 is 5.32 Å². The maximum atomic E-state index is 8.84. The quantitative estimate of drug-likeness (QED) is 0.897. The van der Waals surface area contributed by atoms with Crippen LogP contribution in [0.4, 0.5) is 5.69 Å². The van der Waals surface area contributed by atoms with E-state index in [9.17, 15) is 0 Å². The summed E-state index contributed by atoms with van der Waals surface area (Å²) < 4.78 is 0.940. The first kappa shape index (κ1) is 12.1. The molecule has 0 radical (unpaired) electrons. The fraction of sp³-hybridized carbons (Fsp3) is 0.417. The molecule has 3 heteroatoms. The van der Waals surface area contributed by atoms with Crippen LogP contribution in [0.15, 0.2) is 22.7 Å². The maximum Gasteiger partial charge on any atom is 0.0992 e. The van der Waals surface area contributed by atoms with Crippen molar-refractivity contribution in [2.75, 3.05) is 5.32 Å². The highest BCUT2D eigenvalue weighted by Gasteiger charge is 2.04. The van der Waals surface area contributed by atoms with E-state index < -0.39 is 0 Å². The van der Waals surface area contributed by atoms with E-state index in [1.807, 2.05) is 18.2 Å². The summed E-state index contributed by atoms with van der Waals surface area (Å²) in [5, 5.41) is 12.2. The molecule has 1 N–H and O–H groups in total. The molecule has 0 bridgehead atoms. The van der Waals surface area contributed by atoms with E-state index in [0.29, 0.717) is 11.6 Å². The molecular weight excluding hydrogens is 252 g/mol. The number of rotatable bonds is 4. The van der Waals surface area contributed by atoms with E-state index in [1.54, 1.807) is 0 Å². The van der Waals surface area contributed by atoms with Crippen molar-refractivity contribution >= 4 is 21.6 Å². The second kappa shape index (κ2) is 5.77. The molecule has 15 heavy (non-hydrogen) atoms. The molecule has 0 atom stereocenters. The van der Waals surface area contributed by atoms with Gasteiger partial charge < -0.3 is 5.32 Å². The van der Waals surface area contributed by atoms with Gasteiger partial charge in [-0.15, -0.1) is 0 Å². The standard InChI is InChI=1S/C12H15BrN2/c1-3-11(4-2)15-12-6-9(8-14)5-10(13)7-12/h5-7,11,15H,3-4H2,1-2H3. The molecule has 0 aliphatic carbocycles. The average Bonchev–Trinajstić information content (AvgIpc) is 2.25. The predicted molar refractivity (Wildman–Crippen MR) is 66.8 cm³/mol. The Bertz CT molecular complexity index is 364. The Hall–Kier alpha value is -1.01. The molecular formula is C12H15BrN2. The summed E-state index contributed by atoms with van der Waals surface area (Å²) in [6.45, 7) is 4.31. The average molecular weight is 267 g/mol. The third kappa shape index (κ3) is 3.56. The molecule has 1 aromatic carbocycles. The van der Waals surface area contributed by atoms with Gasteiger partial charge in [0.15, 0.2) is 0 Å². The van der Waals surface area contributed by atoms with E-state index in [4.69, 9.17) is 5.26 Å². The van der Waals surface area contributed by atoms with Crippen molar-refractivity contribution in [1.82, 2.24) is 0 Å². The van der Waals surface area contributed by atoms with Crippen LogP contribution in [-0.2, 0) is 0 Å². The van der Waals surface area contributed by atoms with Gasteiger partial charge in [-0.1, -0.05) is 29.8 Å². The molecule has 0 amide bonds. The van der Waals surface area contributed by atoms with Crippen LogP contribution in [0.3, 0.4) is 0 Å². The molecule has 1 rings (SSSR count). The van der Waals surface area contributed by atoms with Gasteiger partial charge in [-0.25, -0.2) is 0 Å². The Morgan fingerprint density at radius 2 is 2.00 bits per heavy atom. The number of benzene rings is 1. The van der Waals surface area contributed by atoms with E-state index in [1.165, 1.54) is 0 Å². The van der Waals surface area contributed by atoms with Crippen LogP contribution in [0.5, 0.6) is 0 Å². The minimum absolute atomic E-state index is 0.478. The van der Waals surface area contributed by atoms with Crippen molar-refractivity contribution in [2.45, 2.75) is 32.7 Å². The largest absolute Gasteiger partial charge is 0.382 e. The zero-order valence-corrected chi connectivity index (χ0v) is 10.6. The fourth-order valence-electron chi connectivity index (χ4n) is 1.47. The molecule has 0 saturated heterocycles. The first-order valence-electron chi connectivity index (χ1n) is 5.16. The summed E-state index contributed by atoms with van der Waals surface area (Å²) in [4.78, 5) is 0. The molecule has 2 nitrogen and oxygen atoms in total. The lowest BCUT2D eigenvalue weighted by molar-refractivity contribution is 0.672. The summed E-state index contributed by atoms with van der Waals surface area (Å²) in [6, 6.07) is 8.32. The Morgan fingerprint density at radius 1 is 1.33 bits per heavy atom. The third-order valence-electron chi connectivity index (χ3n) is 2.38. The van der Waals surface area contributed by atoms with Crippen LogP contribution in [-0.4, -0.2) is 6.04 Å². The summed E-state index contributed by atoms with van der Waals surface area (Å²) in [6.07, 6.45) is 2.18. The Balaban J connectivity index is 2.85. The lowest BCUT2D eigenvalue weighted by Gasteiger charge is -2.16. The summed E-state index contributed by atoms with van der Waals surface area (Å²) in [5.74, 6) is 0. The maximum absolute atomic E-state index is 8.84. The minimum atomic E-state index is 0.478. The second-order valence-corrected chi connectivity index (χ2v) is 4.41. The highest BCUT2D eigenvalue weighted by molar-refractivity contribution is 9.10. The van der Waals surface area contributed by atoms with E-state index in [0.717, 1.165) is 23.0 Å². The molecule has 0 fully saturated rings. The van der Waals surface area contributed by atoms with Gasteiger partial charge in [0.25, 0.3) is 0 Å². The number of halogens is 1. The lowest BCUT2D eigenvalue weighted by Crippen LogP contribution is -2.16. The zero-order chi connectivity index (χ0) is 11.3. The van der Waals surface area contributed by atoms with Gasteiger partial charge in [-0.3, -0.25) is 0 Å². The molecule has 0 heterocycles. The molecule has 80 valence electrons. The Labute approximate surface area is 99.4 Å². The fourth-order valence-corrected chi connectivity index (χ4v) is 1.96. The number of nitrogens with one attached hydrogen (secondary N) is 1. The minimum Gasteiger partial charge on any atom is -0.382 e. The van der Waals surface area contributed by atoms with Crippen LogP contribution in [0, 0.1) is 11.3 Å². The van der Waals surface area contributed by atoms with Gasteiger partial charge in [0, 0.05) is 16.2 Å². The third-order valence-corrected chi connectivity index (χ3v) is 2.84. The van der Waals surface area contributed by atoms with Crippen molar-refractivity contribution in [3.8, 4) is 6.07 Å². The first-order chi connectivity index (χ1) is 7.19. The smallest absolute Gasteiger partial charge is 0.0992 e. The van der Waals surface area contributed by atoms with E-state index >= 15 is 0 Å². The van der Waals surface area contributed by atoms with Gasteiger partial charge in [0.1, 0.15) is 0 Å². The van der Waals surface area contributed by atoms with Gasteiger partial charge >= 0.3 is 0 Å². The van der Waals surface area contributed by atoms with Crippen molar-refractivity contribution in [2.24, 2.45) is 0 Å². The van der Waals surface area contributed by atoms with Gasteiger partial charge in [0.05, 0.1) is 11.6 Å². The second-order valence-electron chi connectivity index (χ2n) is 3.50. The number of hydrogen-bond acceptors (Lipinski definition) is 2. The summed E-state index contributed by atoms with van der Waals surface area (Å²) in [5.41, 5.74) is 1.69. The molecule has 0 saturated carbocycles. The normalized spacial score (nSPS) is 10.1. The molecule has 0 spiro atoms. The van der Waals surface area contributed by atoms with Gasteiger partial charge in [-0.05, 0) is 31.0 Å². The number of nitrogens with zero attached hydrogens (tertiary/aromatic N) is 1. The number of hydrogen-bond donors (Lipinski definition) is 1. The lowest BCUT2D eigenvalue weighted by atomic mass is 10.1. The van der Waals surface area contributed by atoms with Crippen LogP contribution in [0.25, 0.3) is 0 Å². The molecule has 0 unspecified atom stereocenters. The molecule has 0 aliphatic heterocycles. The molecule has 1 aromatic rings. The highest BCUT2D eigenvalue weighted by Crippen LogP contribution is 2.20. The van der Waals surface area contributed by atoms with E-state index in [2.05, 4.69) is 41.2 Å².